The van der Waals surface area contributed by atoms with Gasteiger partial charge >= 0.3 is 6.09 Å². The van der Waals surface area contributed by atoms with Crippen molar-refractivity contribution in [3.8, 4) is 5.69 Å². The molecule has 1 aliphatic carbocycles. The molecule has 1 fully saturated rings. The van der Waals surface area contributed by atoms with Crippen LogP contribution in [0, 0.1) is 0 Å². The highest BCUT2D eigenvalue weighted by Crippen LogP contribution is 2.28. The molecule has 0 radical (unpaired) electrons. The smallest absolute Gasteiger partial charge is 0.410 e. The van der Waals surface area contributed by atoms with E-state index >= 15 is 0 Å². The van der Waals surface area contributed by atoms with E-state index < -0.39 is 0 Å². The van der Waals surface area contributed by atoms with Crippen molar-refractivity contribution >= 4 is 6.09 Å². The summed E-state index contributed by atoms with van der Waals surface area (Å²) >= 11 is 0. The third-order valence-electron chi connectivity index (χ3n) is 4.08. The van der Waals surface area contributed by atoms with E-state index in [0.29, 0.717) is 18.1 Å². The molecule has 0 bridgehead atoms. The Morgan fingerprint density at radius 2 is 2.15 bits per heavy atom. The third kappa shape index (κ3) is 3.56. The summed E-state index contributed by atoms with van der Waals surface area (Å²) in [6.07, 6.45) is 3.62. The Labute approximate surface area is 149 Å². The van der Waals surface area contributed by atoms with Gasteiger partial charge in [0.15, 0.2) is 5.82 Å². The summed E-state index contributed by atoms with van der Waals surface area (Å²) in [4.78, 5) is 19.4. The molecule has 3 aromatic rings. The van der Waals surface area contributed by atoms with E-state index in [9.17, 15) is 4.79 Å². The van der Waals surface area contributed by atoms with Crippen LogP contribution in [-0.2, 0) is 17.7 Å². The molecule has 0 N–H and O–H groups in total. The molecule has 0 aliphatic heterocycles. The second kappa shape index (κ2) is 6.95. The van der Waals surface area contributed by atoms with Gasteiger partial charge in [0, 0.05) is 6.04 Å². The molecule has 9 nitrogen and oxygen atoms in total. The number of nitrogens with zero attached hydrogens (tertiary/aromatic N) is 6. The van der Waals surface area contributed by atoms with Gasteiger partial charge in [0.05, 0.1) is 37.7 Å². The summed E-state index contributed by atoms with van der Waals surface area (Å²) in [5, 5.41) is 12.6. The number of methoxy groups -OCH3 is 1. The fourth-order valence-electron chi connectivity index (χ4n) is 2.64. The normalized spacial score (nSPS) is 13.6. The molecule has 0 atom stereocenters. The highest BCUT2D eigenvalue weighted by Gasteiger charge is 2.34. The lowest BCUT2D eigenvalue weighted by atomic mass is 10.3. The summed E-state index contributed by atoms with van der Waals surface area (Å²) in [5.41, 5.74) is 1.60. The van der Waals surface area contributed by atoms with Crippen LogP contribution in [0.5, 0.6) is 0 Å². The van der Waals surface area contributed by atoms with Crippen molar-refractivity contribution in [3.05, 3.63) is 53.9 Å². The fourth-order valence-corrected chi connectivity index (χ4v) is 2.64. The lowest BCUT2D eigenvalue weighted by Gasteiger charge is -2.18. The van der Waals surface area contributed by atoms with Gasteiger partial charge in [0.2, 0.25) is 5.89 Å². The molecule has 0 saturated heterocycles. The van der Waals surface area contributed by atoms with E-state index in [4.69, 9.17) is 9.26 Å². The zero-order chi connectivity index (χ0) is 17.9. The number of rotatable bonds is 6. The van der Waals surface area contributed by atoms with E-state index in [1.54, 1.807) is 15.9 Å². The first kappa shape index (κ1) is 16.2. The predicted molar refractivity (Wildman–Crippen MR) is 89.4 cm³/mol. The third-order valence-corrected chi connectivity index (χ3v) is 4.08. The van der Waals surface area contributed by atoms with Gasteiger partial charge in [-0.3, -0.25) is 4.90 Å². The second-order valence-corrected chi connectivity index (χ2v) is 6.07. The number of carbonyl (C=O) groups is 1. The molecule has 1 amide bonds. The highest BCUT2D eigenvalue weighted by atomic mass is 16.5. The van der Waals surface area contributed by atoms with Gasteiger partial charge < -0.3 is 9.26 Å². The fraction of sp³-hybridized carbons (Fsp3) is 0.353. The molecule has 1 aliphatic rings. The molecule has 1 saturated carbocycles. The van der Waals surface area contributed by atoms with Gasteiger partial charge in [-0.1, -0.05) is 23.4 Å². The molecular formula is C17H18N6O3. The molecule has 1 aromatic carbocycles. The first-order chi connectivity index (χ1) is 12.7. The zero-order valence-corrected chi connectivity index (χ0v) is 14.3. The predicted octanol–water partition coefficient (Wildman–Crippen LogP) is 1.97. The molecular weight excluding hydrogens is 336 g/mol. The average Bonchev–Trinajstić information content (AvgIpc) is 3.25. The maximum atomic E-state index is 11.8. The average molecular weight is 354 g/mol. The van der Waals surface area contributed by atoms with Crippen LogP contribution >= 0.6 is 0 Å². The second-order valence-electron chi connectivity index (χ2n) is 6.07. The Morgan fingerprint density at radius 3 is 2.88 bits per heavy atom. The van der Waals surface area contributed by atoms with Crippen LogP contribution in [0.1, 0.15) is 30.3 Å². The number of carbonyl (C=O) groups excluding carboxylic acids is 1. The number of para-hydroxylation sites is 1. The Hall–Kier alpha value is -3.23. The van der Waals surface area contributed by atoms with Crippen molar-refractivity contribution in [1.29, 1.82) is 0 Å². The highest BCUT2D eigenvalue weighted by molar-refractivity contribution is 5.68. The number of hydrogen-bond donors (Lipinski definition) is 0. The van der Waals surface area contributed by atoms with Crippen molar-refractivity contribution in [3.63, 3.8) is 0 Å². The van der Waals surface area contributed by atoms with E-state index in [1.807, 2.05) is 30.3 Å². The molecule has 2 heterocycles. The van der Waals surface area contributed by atoms with E-state index in [2.05, 4.69) is 20.3 Å². The maximum Gasteiger partial charge on any atom is 0.410 e. The van der Waals surface area contributed by atoms with Gasteiger partial charge in [-0.25, -0.2) is 4.79 Å². The van der Waals surface area contributed by atoms with Crippen LogP contribution in [0.15, 0.2) is 41.1 Å². The molecule has 134 valence electrons. The van der Waals surface area contributed by atoms with Crippen molar-refractivity contribution < 1.29 is 14.1 Å². The van der Waals surface area contributed by atoms with Crippen LogP contribution in [0.4, 0.5) is 4.79 Å². The first-order valence-electron chi connectivity index (χ1n) is 8.35. The van der Waals surface area contributed by atoms with Gasteiger partial charge in [-0.2, -0.15) is 20.0 Å². The Bertz CT molecular complexity index is 887. The van der Waals surface area contributed by atoms with Gasteiger partial charge in [-0.05, 0) is 25.0 Å². The van der Waals surface area contributed by atoms with Crippen molar-refractivity contribution in [2.75, 3.05) is 7.11 Å². The maximum absolute atomic E-state index is 11.8. The molecule has 4 rings (SSSR count). The SMILES string of the molecule is COC(=O)N(Cc1noc(Cc2cnn(-c3ccccc3)n2)n1)C1CC1. The van der Waals surface area contributed by atoms with E-state index in [-0.39, 0.29) is 18.7 Å². The zero-order valence-electron chi connectivity index (χ0n) is 14.3. The lowest BCUT2D eigenvalue weighted by molar-refractivity contribution is 0.116. The molecule has 0 unspecified atom stereocenters. The van der Waals surface area contributed by atoms with Crippen molar-refractivity contribution in [2.45, 2.75) is 31.8 Å². The minimum absolute atomic E-state index is 0.204. The summed E-state index contributed by atoms with van der Waals surface area (Å²) < 4.78 is 10.1. The van der Waals surface area contributed by atoms with Crippen LogP contribution in [0.3, 0.4) is 0 Å². The number of aromatic nitrogens is 5. The lowest BCUT2D eigenvalue weighted by Crippen LogP contribution is -2.32. The Morgan fingerprint density at radius 1 is 1.35 bits per heavy atom. The Kier molecular flexibility index (Phi) is 4.34. The molecule has 0 spiro atoms. The number of hydrogen-bond acceptors (Lipinski definition) is 7. The summed E-state index contributed by atoms with van der Waals surface area (Å²) in [5.74, 6) is 0.883. The minimum Gasteiger partial charge on any atom is -0.453 e. The molecule has 2 aromatic heterocycles. The Balaban J connectivity index is 1.42. The summed E-state index contributed by atoms with van der Waals surface area (Å²) in [6.45, 7) is 0.275. The monoisotopic (exact) mass is 354 g/mol. The molecule has 26 heavy (non-hydrogen) atoms. The largest absolute Gasteiger partial charge is 0.453 e. The van der Waals surface area contributed by atoms with Crippen LogP contribution < -0.4 is 0 Å². The van der Waals surface area contributed by atoms with Gasteiger partial charge in [0.1, 0.15) is 0 Å². The van der Waals surface area contributed by atoms with Crippen LogP contribution in [0.25, 0.3) is 5.69 Å². The van der Waals surface area contributed by atoms with Gasteiger partial charge in [0.25, 0.3) is 0 Å². The van der Waals surface area contributed by atoms with Crippen LogP contribution in [-0.4, -0.2) is 49.3 Å². The topological polar surface area (TPSA) is 99.2 Å². The van der Waals surface area contributed by atoms with E-state index in [0.717, 1.165) is 24.2 Å². The molecule has 9 heteroatoms. The standard InChI is InChI=1S/C17H18N6O3/c1-25-17(24)22(13-7-8-13)11-15-19-16(26-21-15)9-12-10-18-23(20-12)14-5-3-2-4-6-14/h2-6,10,13H,7-9,11H2,1H3. The minimum atomic E-state index is -0.371. The summed E-state index contributed by atoms with van der Waals surface area (Å²) in [7, 11) is 1.37. The number of ether oxygens (including phenoxy) is 1. The van der Waals surface area contributed by atoms with E-state index in [1.165, 1.54) is 7.11 Å². The number of benzene rings is 1. The van der Waals surface area contributed by atoms with Gasteiger partial charge in [-0.15, -0.1) is 0 Å². The van der Waals surface area contributed by atoms with Crippen molar-refractivity contribution in [2.24, 2.45) is 0 Å². The summed E-state index contributed by atoms with van der Waals surface area (Å²) in [6, 6.07) is 9.84. The number of amides is 1. The quantitative estimate of drug-likeness (QED) is 0.667. The van der Waals surface area contributed by atoms with Crippen molar-refractivity contribution in [1.82, 2.24) is 30.0 Å². The first-order valence-corrected chi connectivity index (χ1v) is 8.35. The van der Waals surface area contributed by atoms with Crippen LogP contribution in [0.2, 0.25) is 0 Å².